The lowest BCUT2D eigenvalue weighted by atomic mass is 9.79. The lowest BCUT2D eigenvalue weighted by molar-refractivity contribution is -0.149. The molecule has 0 spiro atoms. The van der Waals surface area contributed by atoms with Gasteiger partial charge in [0.1, 0.15) is 0 Å². The Hall–Kier alpha value is -3.55. The van der Waals surface area contributed by atoms with Crippen LogP contribution in [0.15, 0.2) is 29.2 Å². The van der Waals surface area contributed by atoms with E-state index < -0.39 is 79.1 Å². The lowest BCUT2D eigenvalue weighted by Crippen LogP contribution is -2.50. The molecule has 0 aliphatic carbocycles. The Kier molecular flexibility index (Phi) is 6.15. The smallest absolute Gasteiger partial charge is 0.326 e. The Bertz CT molecular complexity index is 1320. The molecule has 0 amide bonds. The van der Waals surface area contributed by atoms with Gasteiger partial charge in [-0.1, -0.05) is 18.2 Å². The molecule has 2 unspecified atom stereocenters. The Morgan fingerprint density at radius 3 is 2.12 bits per heavy atom. The van der Waals surface area contributed by atoms with Gasteiger partial charge < -0.3 is 4.74 Å². The topological polar surface area (TPSA) is 111 Å². The summed E-state index contributed by atoms with van der Waals surface area (Å²) >= 11 is 0. The summed E-state index contributed by atoms with van der Waals surface area (Å²) in [6.45, 7) is -0.435. The molecule has 1 aliphatic heterocycles. The maximum atomic E-state index is 14.4. The summed E-state index contributed by atoms with van der Waals surface area (Å²) in [5.74, 6) is -15.3. The first kappa shape index (κ1) is 24.1. The van der Waals surface area contributed by atoms with Gasteiger partial charge >= 0.3 is 5.97 Å². The first-order valence-electron chi connectivity index (χ1n) is 9.10. The van der Waals surface area contributed by atoms with E-state index >= 15 is 0 Å². The van der Waals surface area contributed by atoms with Crippen LogP contribution in [0, 0.1) is 57.7 Å². The predicted molar refractivity (Wildman–Crippen MR) is 98.4 cm³/mol. The van der Waals surface area contributed by atoms with E-state index in [2.05, 4.69) is 0 Å². The number of ether oxygens (including phenoxy) is 1. The third kappa shape index (κ3) is 3.32. The largest absolute Gasteiger partial charge is 0.465 e. The fourth-order valence-electron chi connectivity index (χ4n) is 3.61. The van der Waals surface area contributed by atoms with Crippen molar-refractivity contribution >= 4 is 16.0 Å². The molecule has 172 valence electrons. The van der Waals surface area contributed by atoms with Crippen molar-refractivity contribution in [3.8, 4) is 12.1 Å². The second-order valence-electron chi connectivity index (χ2n) is 6.75. The fraction of sp³-hybridized carbons (Fsp3) is 0.250. The van der Waals surface area contributed by atoms with Crippen LogP contribution in [0.25, 0.3) is 0 Å². The summed E-state index contributed by atoms with van der Waals surface area (Å²) in [5.41, 5.74) is -4.68. The van der Waals surface area contributed by atoms with Crippen LogP contribution < -0.4 is 0 Å². The van der Waals surface area contributed by atoms with Crippen molar-refractivity contribution in [2.75, 3.05) is 6.61 Å². The zero-order chi connectivity index (χ0) is 24.7. The molecular weight excluding hydrogens is 473 g/mol. The van der Waals surface area contributed by atoms with Gasteiger partial charge in [0.15, 0.2) is 34.7 Å². The van der Waals surface area contributed by atoms with E-state index in [4.69, 9.17) is 4.74 Å². The number of nitrogens with zero attached hydrogens (tertiary/aromatic N) is 3. The minimum atomic E-state index is -4.86. The maximum absolute atomic E-state index is 14.4. The summed E-state index contributed by atoms with van der Waals surface area (Å²) < 4.78 is 101. The number of nitriles is 2. The van der Waals surface area contributed by atoms with Crippen molar-refractivity contribution < 1.29 is 39.9 Å². The van der Waals surface area contributed by atoms with Gasteiger partial charge in [-0.05, 0) is 13.0 Å². The SMILES string of the molecule is CCOC(=O)C(C#N)C1(C#N)c2ccccc2S(=O)(=O)N1Cc1c(F)c(F)c(F)c(F)c1F. The third-order valence-corrected chi connectivity index (χ3v) is 7.01. The number of carbonyl (C=O) groups excluding carboxylic acids is 1. The monoisotopic (exact) mass is 485 g/mol. The van der Waals surface area contributed by atoms with Crippen LogP contribution in [0.3, 0.4) is 0 Å². The van der Waals surface area contributed by atoms with Crippen LogP contribution in [-0.4, -0.2) is 25.3 Å². The third-order valence-electron chi connectivity index (χ3n) is 5.10. The van der Waals surface area contributed by atoms with E-state index in [1.165, 1.54) is 25.1 Å². The standard InChI is InChI=1S/C20H12F5N3O4S/c1-2-32-19(29)12(7-26)20(9-27)11-5-3-4-6-13(11)33(30,31)28(20)8-10-14(21)16(23)18(25)17(24)15(10)22/h3-6,12H,2,8H2,1H3. The van der Waals surface area contributed by atoms with Crippen LogP contribution >= 0.6 is 0 Å². The number of hydrogen-bond acceptors (Lipinski definition) is 6. The second kappa shape index (κ2) is 8.42. The van der Waals surface area contributed by atoms with Crippen molar-refractivity contribution in [2.24, 2.45) is 5.92 Å². The number of hydrogen-bond donors (Lipinski definition) is 0. The van der Waals surface area contributed by atoms with Crippen molar-refractivity contribution in [1.82, 2.24) is 4.31 Å². The van der Waals surface area contributed by atoms with Crippen LogP contribution in [0.4, 0.5) is 22.0 Å². The van der Waals surface area contributed by atoms with Crippen molar-refractivity contribution in [3.63, 3.8) is 0 Å². The molecule has 0 bridgehead atoms. The van der Waals surface area contributed by atoms with Crippen LogP contribution in [0.5, 0.6) is 0 Å². The van der Waals surface area contributed by atoms with Gasteiger partial charge in [-0.2, -0.15) is 14.8 Å². The highest BCUT2D eigenvalue weighted by Gasteiger charge is 2.62. The maximum Gasteiger partial charge on any atom is 0.326 e. The van der Waals surface area contributed by atoms with Gasteiger partial charge in [0.25, 0.3) is 0 Å². The van der Waals surface area contributed by atoms with Gasteiger partial charge in [-0.15, -0.1) is 0 Å². The minimum Gasteiger partial charge on any atom is -0.465 e. The molecule has 0 aromatic heterocycles. The molecule has 3 rings (SSSR count). The van der Waals surface area contributed by atoms with E-state index in [1.54, 1.807) is 6.07 Å². The number of halogens is 5. The van der Waals surface area contributed by atoms with Gasteiger partial charge in [0.2, 0.25) is 15.8 Å². The number of sulfonamides is 1. The van der Waals surface area contributed by atoms with Crippen molar-refractivity contribution in [2.45, 2.75) is 23.9 Å². The molecule has 0 fully saturated rings. The minimum absolute atomic E-state index is 0.0771. The summed E-state index contributed by atoms with van der Waals surface area (Å²) in [5, 5.41) is 19.7. The van der Waals surface area contributed by atoms with E-state index in [1.807, 2.05) is 0 Å². The molecule has 0 N–H and O–H groups in total. The molecule has 0 saturated heterocycles. The molecule has 2 aromatic carbocycles. The molecule has 7 nitrogen and oxygen atoms in total. The summed E-state index contributed by atoms with van der Waals surface area (Å²) in [7, 11) is -4.86. The van der Waals surface area contributed by atoms with E-state index in [-0.39, 0.29) is 10.9 Å². The fourth-order valence-corrected chi connectivity index (χ4v) is 5.53. The zero-order valence-electron chi connectivity index (χ0n) is 16.6. The highest BCUT2D eigenvalue weighted by atomic mass is 32.2. The molecule has 13 heteroatoms. The summed E-state index contributed by atoms with van der Waals surface area (Å²) in [6, 6.07) is 7.65. The summed E-state index contributed by atoms with van der Waals surface area (Å²) in [6.07, 6.45) is 0. The first-order valence-corrected chi connectivity index (χ1v) is 10.5. The van der Waals surface area contributed by atoms with Gasteiger partial charge in [-0.25, -0.2) is 30.4 Å². The average molecular weight is 485 g/mol. The van der Waals surface area contributed by atoms with Crippen LogP contribution in [0.1, 0.15) is 18.1 Å². The van der Waals surface area contributed by atoms with Gasteiger partial charge in [0, 0.05) is 17.7 Å². The van der Waals surface area contributed by atoms with E-state index in [0.29, 0.717) is 0 Å². The molecular formula is C20H12F5N3O4S. The van der Waals surface area contributed by atoms with Crippen molar-refractivity contribution in [3.05, 3.63) is 64.5 Å². The second-order valence-corrected chi connectivity index (χ2v) is 8.58. The number of rotatable bonds is 5. The quantitative estimate of drug-likeness (QED) is 0.279. The molecule has 2 aromatic rings. The molecule has 2 atom stereocenters. The number of carbonyl (C=O) groups is 1. The first-order chi connectivity index (χ1) is 15.5. The number of fused-ring (bicyclic) bond motifs is 1. The average Bonchev–Trinajstić information content (AvgIpc) is 2.99. The Morgan fingerprint density at radius 1 is 1.06 bits per heavy atom. The van der Waals surface area contributed by atoms with Gasteiger partial charge in [0.05, 0.1) is 23.6 Å². The van der Waals surface area contributed by atoms with Gasteiger partial charge in [-0.3, -0.25) is 4.79 Å². The predicted octanol–water partition coefficient (Wildman–Crippen LogP) is 3.01. The van der Waals surface area contributed by atoms with E-state index in [9.17, 15) is 45.7 Å². The van der Waals surface area contributed by atoms with Crippen LogP contribution in [0.2, 0.25) is 0 Å². The molecule has 1 heterocycles. The summed E-state index contributed by atoms with van der Waals surface area (Å²) in [4.78, 5) is 11.9. The number of benzene rings is 2. The lowest BCUT2D eigenvalue weighted by Gasteiger charge is -2.33. The Morgan fingerprint density at radius 2 is 1.61 bits per heavy atom. The molecule has 0 radical (unpaired) electrons. The Balaban J connectivity index is 2.36. The van der Waals surface area contributed by atoms with Crippen LogP contribution in [-0.2, 0) is 31.6 Å². The molecule has 33 heavy (non-hydrogen) atoms. The normalized spacial score (nSPS) is 19.9. The highest BCUT2D eigenvalue weighted by Crippen LogP contribution is 2.49. The number of esters is 1. The zero-order valence-corrected chi connectivity index (χ0v) is 17.4. The van der Waals surface area contributed by atoms with Crippen molar-refractivity contribution in [1.29, 1.82) is 10.5 Å². The highest BCUT2D eigenvalue weighted by molar-refractivity contribution is 7.89. The van der Waals surface area contributed by atoms with E-state index in [0.717, 1.165) is 12.1 Å². The molecule has 0 saturated carbocycles. The molecule has 1 aliphatic rings. The Labute approximate surface area is 184 Å².